The number of aliphatic hydroxyl groups excluding tert-OH is 1. The van der Waals surface area contributed by atoms with Gasteiger partial charge in [0.1, 0.15) is 5.01 Å². The molecule has 3 rings (SSSR count). The average Bonchev–Trinajstić information content (AvgIpc) is 3.15. The monoisotopic (exact) mass is 302 g/mol. The van der Waals surface area contributed by atoms with Crippen molar-refractivity contribution in [1.82, 2.24) is 10.3 Å². The molecule has 2 aromatic rings. The van der Waals surface area contributed by atoms with Gasteiger partial charge in [-0.2, -0.15) is 0 Å². The van der Waals surface area contributed by atoms with Crippen molar-refractivity contribution in [1.29, 1.82) is 0 Å². The third-order valence-electron chi connectivity index (χ3n) is 4.32. The van der Waals surface area contributed by atoms with E-state index in [2.05, 4.69) is 29.8 Å². The first-order valence-corrected chi connectivity index (χ1v) is 8.46. The van der Waals surface area contributed by atoms with E-state index in [1.807, 2.05) is 12.1 Å². The molecule has 1 aliphatic rings. The quantitative estimate of drug-likeness (QED) is 0.888. The molecule has 0 unspecified atom stereocenters. The van der Waals surface area contributed by atoms with Gasteiger partial charge in [0.2, 0.25) is 0 Å². The van der Waals surface area contributed by atoms with Crippen molar-refractivity contribution in [2.75, 3.05) is 0 Å². The molecule has 0 spiro atoms. The Bertz CT molecular complexity index is 585. The van der Waals surface area contributed by atoms with Gasteiger partial charge in [0.25, 0.3) is 0 Å². The fourth-order valence-electron chi connectivity index (χ4n) is 3.05. The molecule has 1 saturated carbocycles. The second-order valence-corrected chi connectivity index (χ2v) is 6.77. The molecule has 1 fully saturated rings. The fraction of sp³-hybridized carbons (Fsp3) is 0.471. The molecule has 1 aromatic carbocycles. The first kappa shape index (κ1) is 14.7. The van der Waals surface area contributed by atoms with Gasteiger partial charge < -0.3 is 10.4 Å². The highest BCUT2D eigenvalue weighted by Gasteiger charge is 2.37. The average molecular weight is 302 g/mol. The molecule has 0 saturated heterocycles. The topological polar surface area (TPSA) is 45.1 Å². The van der Waals surface area contributed by atoms with Gasteiger partial charge in [0.05, 0.1) is 12.1 Å². The van der Waals surface area contributed by atoms with E-state index in [4.69, 9.17) is 10.1 Å². The molecule has 4 heteroatoms. The maximum atomic E-state index is 9.10. The van der Waals surface area contributed by atoms with Crippen molar-refractivity contribution in [3.05, 3.63) is 51.5 Å². The summed E-state index contributed by atoms with van der Waals surface area (Å²) in [5.41, 5.74) is 3.40. The number of rotatable bonds is 5. The number of nitrogens with one attached hydrogen (secondary N) is 1. The molecule has 1 aromatic heterocycles. The van der Waals surface area contributed by atoms with E-state index in [0.29, 0.717) is 0 Å². The van der Waals surface area contributed by atoms with Crippen LogP contribution in [0.3, 0.4) is 0 Å². The first-order valence-electron chi connectivity index (χ1n) is 7.58. The van der Waals surface area contributed by atoms with Crippen LogP contribution in [0.2, 0.25) is 0 Å². The molecule has 1 heterocycles. The van der Waals surface area contributed by atoms with E-state index in [-0.39, 0.29) is 12.1 Å². The van der Waals surface area contributed by atoms with Crippen LogP contribution in [0.15, 0.2) is 29.6 Å². The van der Waals surface area contributed by atoms with Crippen LogP contribution in [-0.4, -0.2) is 10.1 Å². The Hall–Kier alpha value is -1.23. The molecular formula is C17H22N2OS. The minimum absolute atomic E-state index is 0.0641. The summed E-state index contributed by atoms with van der Waals surface area (Å²) in [4.78, 5) is 4.73. The third-order valence-corrected chi connectivity index (χ3v) is 5.49. The van der Waals surface area contributed by atoms with Gasteiger partial charge in [-0.1, -0.05) is 37.1 Å². The zero-order valence-corrected chi connectivity index (χ0v) is 13.2. The Morgan fingerprint density at radius 2 is 1.86 bits per heavy atom. The van der Waals surface area contributed by atoms with Crippen LogP contribution in [0, 0.1) is 6.92 Å². The third kappa shape index (κ3) is 3.18. The Kier molecular flexibility index (Phi) is 4.38. The first-order chi connectivity index (χ1) is 10.2. The highest BCUT2D eigenvalue weighted by Crippen LogP contribution is 2.40. The number of thiazole rings is 1. The van der Waals surface area contributed by atoms with Gasteiger partial charge in [-0.3, -0.25) is 0 Å². The van der Waals surface area contributed by atoms with Gasteiger partial charge in [-0.05, 0) is 30.9 Å². The number of benzene rings is 1. The van der Waals surface area contributed by atoms with E-state index in [1.54, 1.807) is 11.3 Å². The van der Waals surface area contributed by atoms with Crippen LogP contribution in [-0.2, 0) is 18.7 Å². The summed E-state index contributed by atoms with van der Waals surface area (Å²) in [5.74, 6) is 0. The molecule has 0 amide bonds. The minimum Gasteiger partial charge on any atom is -0.392 e. The molecular weight excluding hydrogens is 280 g/mol. The number of aromatic nitrogens is 1. The van der Waals surface area contributed by atoms with Crippen molar-refractivity contribution in [3.8, 4) is 0 Å². The van der Waals surface area contributed by atoms with Crippen molar-refractivity contribution >= 4 is 11.3 Å². The van der Waals surface area contributed by atoms with Crippen molar-refractivity contribution in [2.45, 2.75) is 51.3 Å². The maximum absolute atomic E-state index is 9.10. The summed E-state index contributed by atoms with van der Waals surface area (Å²) in [5, 5.41) is 16.3. The molecule has 1 aliphatic carbocycles. The van der Waals surface area contributed by atoms with Gasteiger partial charge >= 0.3 is 0 Å². The Morgan fingerprint density at radius 3 is 2.43 bits per heavy atom. The number of aliphatic hydroxyl groups is 1. The van der Waals surface area contributed by atoms with Crippen LogP contribution >= 0.6 is 11.3 Å². The lowest BCUT2D eigenvalue weighted by molar-refractivity contribution is 0.282. The van der Waals surface area contributed by atoms with Crippen molar-refractivity contribution in [3.63, 3.8) is 0 Å². The fourth-order valence-corrected chi connectivity index (χ4v) is 4.09. The molecule has 3 nitrogen and oxygen atoms in total. The maximum Gasteiger partial charge on any atom is 0.113 e. The Labute approximate surface area is 130 Å². The largest absolute Gasteiger partial charge is 0.392 e. The van der Waals surface area contributed by atoms with E-state index in [0.717, 1.165) is 17.8 Å². The summed E-state index contributed by atoms with van der Waals surface area (Å²) in [6.07, 6.45) is 4.90. The number of nitrogens with zero attached hydrogens (tertiary/aromatic N) is 1. The number of hydrogen-bond donors (Lipinski definition) is 2. The van der Waals surface area contributed by atoms with Crippen LogP contribution in [0.1, 0.15) is 47.5 Å². The molecule has 0 aliphatic heterocycles. The molecule has 0 bridgehead atoms. The highest BCUT2D eigenvalue weighted by molar-refractivity contribution is 7.09. The normalized spacial score (nSPS) is 17.2. The zero-order valence-electron chi connectivity index (χ0n) is 12.4. The highest BCUT2D eigenvalue weighted by atomic mass is 32.1. The minimum atomic E-state index is 0.0641. The number of hydrogen-bond acceptors (Lipinski definition) is 4. The van der Waals surface area contributed by atoms with Gasteiger partial charge in [-0.25, -0.2) is 4.98 Å². The molecule has 2 N–H and O–H groups in total. The summed E-state index contributed by atoms with van der Waals surface area (Å²) in [7, 11) is 0. The zero-order chi connectivity index (χ0) is 14.7. The van der Waals surface area contributed by atoms with E-state index < -0.39 is 0 Å². The lowest BCUT2D eigenvalue weighted by Gasteiger charge is -2.28. The van der Waals surface area contributed by atoms with Crippen LogP contribution in [0.4, 0.5) is 0 Å². The second kappa shape index (κ2) is 6.26. The summed E-state index contributed by atoms with van der Waals surface area (Å²) in [6, 6.07) is 8.17. The predicted molar refractivity (Wildman–Crippen MR) is 86.2 cm³/mol. The lowest BCUT2D eigenvalue weighted by atomic mass is 9.98. The molecule has 21 heavy (non-hydrogen) atoms. The predicted octanol–water partition coefficient (Wildman–Crippen LogP) is 3.50. The van der Waals surface area contributed by atoms with Crippen molar-refractivity contribution < 1.29 is 5.11 Å². The lowest BCUT2D eigenvalue weighted by Crippen LogP contribution is -2.39. The standard InChI is InChI=1S/C17H22N2OS/c1-13-12-21-16(19-13)17(8-2-3-9-17)18-10-14-4-6-15(11-20)7-5-14/h4-7,12,18,20H,2-3,8-11H2,1H3. The van der Waals surface area contributed by atoms with Crippen molar-refractivity contribution in [2.24, 2.45) is 0 Å². The van der Waals surface area contributed by atoms with E-state index in [1.165, 1.54) is 36.3 Å². The molecule has 112 valence electrons. The summed E-state index contributed by atoms with van der Waals surface area (Å²) < 4.78 is 0. The molecule has 0 atom stereocenters. The molecule has 0 radical (unpaired) electrons. The smallest absolute Gasteiger partial charge is 0.113 e. The van der Waals surface area contributed by atoms with Gasteiger partial charge in [0.15, 0.2) is 0 Å². The van der Waals surface area contributed by atoms with E-state index in [9.17, 15) is 0 Å². The Balaban J connectivity index is 1.73. The summed E-state index contributed by atoms with van der Waals surface area (Å²) >= 11 is 1.78. The number of aryl methyl sites for hydroxylation is 1. The van der Waals surface area contributed by atoms with Crippen LogP contribution in [0.5, 0.6) is 0 Å². The summed E-state index contributed by atoms with van der Waals surface area (Å²) in [6.45, 7) is 3.02. The SMILES string of the molecule is Cc1csc(C2(NCc3ccc(CO)cc3)CCCC2)n1. The van der Waals surface area contributed by atoms with E-state index >= 15 is 0 Å². The van der Waals surface area contributed by atoms with Gasteiger partial charge in [-0.15, -0.1) is 11.3 Å². The second-order valence-electron chi connectivity index (χ2n) is 5.91. The Morgan fingerprint density at radius 1 is 1.19 bits per heavy atom. The van der Waals surface area contributed by atoms with Crippen LogP contribution in [0.25, 0.3) is 0 Å². The van der Waals surface area contributed by atoms with Crippen LogP contribution < -0.4 is 5.32 Å². The van der Waals surface area contributed by atoms with Gasteiger partial charge in [0, 0.05) is 17.6 Å².